The van der Waals surface area contributed by atoms with Crippen molar-refractivity contribution < 1.29 is 19.1 Å². The first kappa shape index (κ1) is 33.2. The number of amides is 4. The molecule has 2 aromatic carbocycles. The van der Waals surface area contributed by atoms with Crippen LogP contribution in [-0.2, 0) is 22.4 Å². The van der Waals surface area contributed by atoms with Crippen molar-refractivity contribution in [2.45, 2.75) is 56.7 Å². The number of piperazine rings is 1. The summed E-state index contributed by atoms with van der Waals surface area (Å²) in [5, 5.41) is 3.06. The van der Waals surface area contributed by atoms with Crippen LogP contribution in [0.1, 0.15) is 36.8 Å². The summed E-state index contributed by atoms with van der Waals surface area (Å²) < 4.78 is 7.85. The molecule has 46 heavy (non-hydrogen) atoms. The van der Waals surface area contributed by atoms with Crippen molar-refractivity contribution in [1.82, 2.24) is 24.5 Å². The Morgan fingerprint density at radius 1 is 0.848 bits per heavy atom. The number of carbonyl (C=O) groups is 3. The zero-order chi connectivity index (χ0) is 32.2. The van der Waals surface area contributed by atoms with Gasteiger partial charge in [0.05, 0.1) is 0 Å². The van der Waals surface area contributed by atoms with Crippen LogP contribution in [0.4, 0.5) is 15.3 Å². The molecule has 6 rings (SSSR count). The molecule has 4 aliphatic heterocycles. The number of nitrogens with one attached hydrogen (secondary N) is 1. The number of nitrogens with zero attached hydrogens (tertiary/aromatic N) is 5. The molecule has 4 amide bonds. The normalized spacial score (nSPS) is 21.4. The van der Waals surface area contributed by atoms with Crippen LogP contribution in [0.2, 0.25) is 0 Å². The Bertz CT molecular complexity index is 1380. The van der Waals surface area contributed by atoms with Crippen molar-refractivity contribution in [1.29, 1.82) is 0 Å². The molecule has 4 aliphatic rings. The maximum atomic E-state index is 14.0. The van der Waals surface area contributed by atoms with Crippen molar-refractivity contribution in [3.05, 3.63) is 62.5 Å². The average molecular weight is 761 g/mol. The number of likely N-dealkylation sites (N-methyl/N-ethyl adjacent to an activating group) is 1. The van der Waals surface area contributed by atoms with Crippen LogP contribution in [0.5, 0.6) is 0 Å². The zero-order valence-corrected chi connectivity index (χ0v) is 29.7. The Balaban J connectivity index is 1.07. The Morgan fingerprint density at radius 3 is 2.17 bits per heavy atom. The molecule has 0 spiro atoms. The van der Waals surface area contributed by atoms with Gasteiger partial charge in [-0.1, -0.05) is 50.1 Å². The minimum absolute atomic E-state index is 0.0383. The molecule has 3 fully saturated rings. The highest BCUT2D eigenvalue weighted by Gasteiger charge is 2.36. The van der Waals surface area contributed by atoms with Gasteiger partial charge in [-0.15, -0.1) is 0 Å². The van der Waals surface area contributed by atoms with Gasteiger partial charge in [0.2, 0.25) is 0 Å². The maximum Gasteiger partial charge on any atom is 0.410 e. The Morgan fingerprint density at radius 2 is 1.48 bits per heavy atom. The summed E-state index contributed by atoms with van der Waals surface area (Å²) in [7, 11) is 2.17. The predicted molar refractivity (Wildman–Crippen MR) is 185 cm³/mol. The molecular weight excluding hydrogens is 716 g/mol. The smallest absolute Gasteiger partial charge is 0.410 e. The number of urea groups is 1. The highest BCUT2D eigenvalue weighted by Crippen LogP contribution is 2.27. The second kappa shape index (κ2) is 15.0. The van der Waals surface area contributed by atoms with Gasteiger partial charge in [0.15, 0.2) is 6.10 Å². The lowest BCUT2D eigenvalue weighted by molar-refractivity contribution is -0.142. The van der Waals surface area contributed by atoms with Crippen LogP contribution in [0.3, 0.4) is 0 Å². The number of anilines is 1. The number of benzene rings is 2. The highest BCUT2D eigenvalue weighted by atomic mass is 79.9. The highest BCUT2D eigenvalue weighted by molar-refractivity contribution is 9.11. The molecule has 1 atom stereocenters. The van der Waals surface area contributed by atoms with Gasteiger partial charge in [0.25, 0.3) is 5.91 Å². The summed E-state index contributed by atoms with van der Waals surface area (Å²) in [4.78, 5) is 51.0. The number of para-hydroxylation sites is 1. The van der Waals surface area contributed by atoms with Gasteiger partial charge in [0.1, 0.15) is 0 Å². The molecule has 3 saturated heterocycles. The molecule has 0 aliphatic carbocycles. The molecule has 0 aromatic heterocycles. The third-order valence-corrected chi connectivity index (χ3v) is 10.9. The number of likely N-dealkylation sites (tertiary alicyclic amines) is 2. The van der Waals surface area contributed by atoms with Crippen molar-refractivity contribution >= 4 is 55.6 Å². The molecule has 248 valence electrons. The summed E-state index contributed by atoms with van der Waals surface area (Å²) >= 11 is 7.11. The largest absolute Gasteiger partial charge is 0.436 e. The topological polar surface area (TPSA) is 88.7 Å². The third kappa shape index (κ3) is 8.06. The summed E-state index contributed by atoms with van der Waals surface area (Å²) in [5.74, 6) is -0.128. The SMILES string of the molecule is CN1CCN(C2CCN(C(=O)[C@@H](Cc3cc(Br)cc(Br)c3)OC(=O)N3CCC(N4CCc5ccccc5NC4=O)CC3)CC2)CC1. The molecule has 12 heteroatoms. The molecule has 0 unspecified atom stereocenters. The molecule has 10 nitrogen and oxygen atoms in total. The zero-order valence-electron chi connectivity index (χ0n) is 26.5. The second-order valence-corrected chi connectivity index (χ2v) is 14.8. The third-order valence-electron chi connectivity index (χ3n) is 10.00. The Labute approximate surface area is 288 Å². The predicted octanol–water partition coefficient (Wildman–Crippen LogP) is 5.05. The maximum absolute atomic E-state index is 14.0. The Kier molecular flexibility index (Phi) is 10.9. The molecule has 0 radical (unpaired) electrons. The van der Waals surface area contributed by atoms with Crippen molar-refractivity contribution in [2.75, 3.05) is 71.3 Å². The van der Waals surface area contributed by atoms with E-state index < -0.39 is 12.2 Å². The number of rotatable bonds is 6. The minimum atomic E-state index is -0.915. The van der Waals surface area contributed by atoms with E-state index in [4.69, 9.17) is 4.74 Å². The van der Waals surface area contributed by atoms with E-state index in [-0.39, 0.29) is 18.0 Å². The van der Waals surface area contributed by atoms with Gasteiger partial charge in [-0.3, -0.25) is 9.69 Å². The molecule has 4 heterocycles. The van der Waals surface area contributed by atoms with Crippen molar-refractivity contribution in [3.63, 3.8) is 0 Å². The quantitative estimate of drug-likeness (QED) is 0.444. The monoisotopic (exact) mass is 758 g/mol. The number of piperidine rings is 2. The van der Waals surface area contributed by atoms with E-state index in [2.05, 4.69) is 60.1 Å². The van der Waals surface area contributed by atoms with Gasteiger partial charge in [-0.2, -0.15) is 0 Å². The first-order valence-corrected chi connectivity index (χ1v) is 18.1. The van der Waals surface area contributed by atoms with Crippen molar-refractivity contribution in [3.8, 4) is 0 Å². The summed E-state index contributed by atoms with van der Waals surface area (Å²) in [5.41, 5.74) is 2.91. The molecule has 0 saturated carbocycles. The van der Waals surface area contributed by atoms with Crippen LogP contribution >= 0.6 is 31.9 Å². The van der Waals surface area contributed by atoms with Crippen LogP contribution in [0.25, 0.3) is 0 Å². The van der Waals surface area contributed by atoms with E-state index in [1.807, 2.05) is 46.2 Å². The van der Waals surface area contributed by atoms with E-state index in [9.17, 15) is 14.4 Å². The summed E-state index contributed by atoms with van der Waals surface area (Å²) in [6.45, 7) is 7.21. The number of halogens is 2. The van der Waals surface area contributed by atoms with E-state index in [0.29, 0.717) is 58.0 Å². The number of hydrogen-bond acceptors (Lipinski definition) is 6. The number of fused-ring (bicyclic) bond motifs is 1. The standard InChI is InChI=1S/C34H44Br2N6O4/c1-38-16-18-39(19-17-38)28-7-11-40(12-8-28)32(43)31(22-24-20-26(35)23-27(36)21-24)46-34(45)41-13-9-29(10-14-41)42-15-6-25-4-2-3-5-30(25)37-33(42)44/h2-5,20-21,23,28-29,31H,6-19,22H2,1H3,(H,37,44)/t31-/m1/s1. The fourth-order valence-electron chi connectivity index (χ4n) is 7.26. The van der Waals surface area contributed by atoms with Crippen LogP contribution < -0.4 is 5.32 Å². The molecular formula is C34H44Br2N6O4. The van der Waals surface area contributed by atoms with Crippen LogP contribution in [-0.4, -0.2) is 127 Å². The fourth-order valence-corrected chi connectivity index (χ4v) is 8.65. The number of carbonyl (C=O) groups excluding carboxylic acids is 3. The van der Waals surface area contributed by atoms with Crippen LogP contribution in [0.15, 0.2) is 51.4 Å². The van der Waals surface area contributed by atoms with E-state index in [1.165, 1.54) is 0 Å². The second-order valence-electron chi connectivity index (χ2n) is 13.0. The fraction of sp³-hybridized carbons (Fsp3) is 0.559. The Hall–Kier alpha value is -2.67. The summed E-state index contributed by atoms with van der Waals surface area (Å²) in [6, 6.07) is 14.2. The lowest BCUT2D eigenvalue weighted by Crippen LogP contribution is -2.54. The van der Waals surface area contributed by atoms with E-state index >= 15 is 0 Å². The average Bonchev–Trinajstić information content (AvgIpc) is 3.22. The van der Waals surface area contributed by atoms with Gasteiger partial charge < -0.3 is 29.7 Å². The van der Waals surface area contributed by atoms with E-state index in [1.54, 1.807) is 4.90 Å². The van der Waals surface area contributed by atoms with Gasteiger partial charge in [-0.25, -0.2) is 9.59 Å². The number of hydrogen-bond donors (Lipinski definition) is 1. The van der Waals surface area contributed by atoms with Crippen LogP contribution in [0, 0.1) is 0 Å². The van der Waals surface area contributed by atoms with Gasteiger partial charge in [-0.05, 0) is 74.5 Å². The minimum Gasteiger partial charge on any atom is -0.436 e. The van der Waals surface area contributed by atoms with Gasteiger partial charge in [0, 0.05) is 92.0 Å². The van der Waals surface area contributed by atoms with E-state index in [0.717, 1.165) is 71.2 Å². The lowest BCUT2D eigenvalue weighted by atomic mass is 10.0. The molecule has 1 N–H and O–H groups in total. The molecule has 2 aromatic rings. The first-order chi connectivity index (χ1) is 22.2. The molecule has 0 bridgehead atoms. The lowest BCUT2D eigenvalue weighted by Gasteiger charge is -2.42. The van der Waals surface area contributed by atoms with Gasteiger partial charge >= 0.3 is 12.1 Å². The number of ether oxygens (including phenoxy) is 1. The summed E-state index contributed by atoms with van der Waals surface area (Å²) in [6.07, 6.45) is 2.90. The van der Waals surface area contributed by atoms with Crippen molar-refractivity contribution in [2.24, 2.45) is 0 Å². The first-order valence-electron chi connectivity index (χ1n) is 16.5.